The molecule has 0 amide bonds. The molecule has 0 spiro atoms. The van der Waals surface area contributed by atoms with Crippen LogP contribution in [-0.4, -0.2) is 90.0 Å². The summed E-state index contributed by atoms with van der Waals surface area (Å²) in [6.45, 7) is 8.50. The van der Waals surface area contributed by atoms with Crippen molar-refractivity contribution in [1.82, 2.24) is 13.7 Å². The Bertz CT molecular complexity index is 821. The van der Waals surface area contributed by atoms with Crippen LogP contribution in [0.25, 0.3) is 0 Å². The third-order valence-electron chi connectivity index (χ3n) is 5.61. The van der Waals surface area contributed by atoms with Crippen LogP contribution in [0, 0.1) is 0 Å². The van der Waals surface area contributed by atoms with E-state index in [4.69, 9.17) is 28.4 Å². The predicted molar refractivity (Wildman–Crippen MR) is 115 cm³/mol. The third-order valence-corrected chi connectivity index (χ3v) is 5.61. The van der Waals surface area contributed by atoms with Gasteiger partial charge in [0.15, 0.2) is 0 Å². The molecule has 0 aliphatic carbocycles. The van der Waals surface area contributed by atoms with Crippen LogP contribution in [0.3, 0.4) is 0 Å². The van der Waals surface area contributed by atoms with E-state index in [0.717, 1.165) is 13.7 Å². The van der Waals surface area contributed by atoms with E-state index in [0.29, 0.717) is 39.6 Å². The summed E-state index contributed by atoms with van der Waals surface area (Å²) >= 11 is 0. The summed E-state index contributed by atoms with van der Waals surface area (Å²) in [5, 5.41) is 0. The van der Waals surface area contributed by atoms with Crippen LogP contribution in [0.2, 0.25) is 0 Å². The largest absolute Gasteiger partial charge is 0.374 e. The van der Waals surface area contributed by atoms with Crippen molar-refractivity contribution in [1.29, 1.82) is 0 Å². The molecule has 1 aromatic rings. The number of hydrogen-bond acceptors (Lipinski definition) is 9. The van der Waals surface area contributed by atoms with Crippen molar-refractivity contribution in [3.05, 3.63) is 31.5 Å². The van der Waals surface area contributed by atoms with Crippen molar-refractivity contribution in [2.75, 3.05) is 39.6 Å². The van der Waals surface area contributed by atoms with Crippen molar-refractivity contribution in [2.24, 2.45) is 0 Å². The number of nitrogens with zero attached hydrogens (tertiary/aromatic N) is 3. The Morgan fingerprint density at radius 3 is 1.09 bits per heavy atom. The predicted octanol–water partition coefficient (Wildman–Crippen LogP) is -1.42. The second-order valence-corrected chi connectivity index (χ2v) is 8.98. The molecule has 12 heteroatoms. The summed E-state index contributed by atoms with van der Waals surface area (Å²) in [5.74, 6) is 0. The Labute approximate surface area is 190 Å². The first-order valence-corrected chi connectivity index (χ1v) is 11.5. The number of rotatable bonds is 15. The number of aromatic nitrogens is 3. The van der Waals surface area contributed by atoms with Crippen LogP contribution in [0.4, 0.5) is 0 Å². The Morgan fingerprint density at radius 2 is 0.879 bits per heavy atom. The van der Waals surface area contributed by atoms with Crippen LogP contribution in [0.15, 0.2) is 14.4 Å². The molecule has 3 fully saturated rings. The zero-order valence-electron chi connectivity index (χ0n) is 19.3. The lowest BCUT2D eigenvalue weighted by Crippen LogP contribution is -2.57. The molecule has 12 nitrogen and oxygen atoms in total. The second-order valence-electron chi connectivity index (χ2n) is 8.98. The van der Waals surface area contributed by atoms with Gasteiger partial charge in [-0.3, -0.25) is 0 Å². The molecule has 0 N–H and O–H groups in total. The summed E-state index contributed by atoms with van der Waals surface area (Å²) < 4.78 is 35.6. The van der Waals surface area contributed by atoms with Gasteiger partial charge in [0.2, 0.25) is 0 Å². The van der Waals surface area contributed by atoms with E-state index >= 15 is 0 Å². The van der Waals surface area contributed by atoms with E-state index in [9.17, 15) is 14.4 Å². The van der Waals surface area contributed by atoms with E-state index in [1.165, 1.54) is 0 Å². The van der Waals surface area contributed by atoms with Crippen molar-refractivity contribution < 1.29 is 28.4 Å². The van der Waals surface area contributed by atoms with E-state index in [2.05, 4.69) is 0 Å². The molecule has 3 aliphatic heterocycles. The molecule has 1 aromatic heterocycles. The highest BCUT2D eigenvalue weighted by atomic mass is 16.6. The summed E-state index contributed by atoms with van der Waals surface area (Å²) in [6.07, 6.45) is -1.05. The monoisotopic (exact) mass is 471 g/mol. The number of ether oxygens (including phenoxy) is 6. The summed E-state index contributed by atoms with van der Waals surface area (Å²) in [7, 11) is 0. The average molecular weight is 472 g/mol. The fraction of sp³-hybridized carbons (Fsp3) is 0.857. The zero-order valence-corrected chi connectivity index (χ0v) is 19.3. The normalized spacial score (nSPS) is 26.1. The maximum Gasteiger partial charge on any atom is 0.336 e. The Kier molecular flexibility index (Phi) is 7.82. The minimum Gasteiger partial charge on any atom is -0.374 e. The Balaban J connectivity index is 1.54. The first-order chi connectivity index (χ1) is 15.8. The molecular weight excluding hydrogens is 438 g/mol. The quantitative estimate of drug-likeness (QED) is 0.283. The molecule has 0 aromatic carbocycles. The molecule has 4 heterocycles. The van der Waals surface area contributed by atoms with Gasteiger partial charge >= 0.3 is 17.1 Å². The highest BCUT2D eigenvalue weighted by Crippen LogP contribution is 2.12. The number of epoxide rings is 3. The van der Waals surface area contributed by atoms with Gasteiger partial charge in [-0.15, -0.1) is 0 Å². The van der Waals surface area contributed by atoms with E-state index in [1.54, 1.807) is 20.8 Å². The molecule has 3 saturated heterocycles. The minimum absolute atomic E-state index is 0.0149. The molecule has 186 valence electrons. The molecular formula is C21H33N3O9. The minimum atomic E-state index is -0.683. The van der Waals surface area contributed by atoms with Crippen LogP contribution in [0.1, 0.15) is 20.8 Å². The standard InChI is InChI=1S/C21H33N3O9/c1-13(28-7-16-10-31-16)4-22-19(25)23(5-14(2)29-8-17-11-32-17)21(27)24(20(22)26)6-15(3)30-9-18-12-33-18/h13-18H,4-12H2,1-3H3/t13-,14?,15?,16?,17?,18?/m1/s1. The molecule has 5 unspecified atom stereocenters. The van der Waals surface area contributed by atoms with Crippen LogP contribution in [-0.2, 0) is 48.1 Å². The summed E-state index contributed by atoms with van der Waals surface area (Å²) in [6, 6.07) is 0. The third kappa shape index (κ3) is 7.08. The summed E-state index contributed by atoms with van der Waals surface area (Å²) in [5.41, 5.74) is -2.05. The molecule has 0 saturated carbocycles. The van der Waals surface area contributed by atoms with Gasteiger partial charge in [0.05, 0.1) is 77.6 Å². The molecule has 4 rings (SSSR count). The lowest BCUT2D eigenvalue weighted by molar-refractivity contribution is 0.0316. The van der Waals surface area contributed by atoms with Gasteiger partial charge in [0.1, 0.15) is 18.3 Å². The van der Waals surface area contributed by atoms with Gasteiger partial charge in [0, 0.05) is 0 Å². The van der Waals surface area contributed by atoms with Crippen LogP contribution < -0.4 is 17.1 Å². The van der Waals surface area contributed by atoms with Gasteiger partial charge in [-0.05, 0) is 20.8 Å². The SMILES string of the molecule is CC(Cn1c(=O)n(CC(C)OCC2CO2)c(=O)n(C[C@@H](C)OCC2CO2)c1=O)OCC1CO1. The van der Waals surface area contributed by atoms with Gasteiger partial charge in [-0.1, -0.05) is 0 Å². The maximum absolute atomic E-state index is 13.1. The first-order valence-electron chi connectivity index (χ1n) is 11.5. The maximum atomic E-state index is 13.1. The van der Waals surface area contributed by atoms with Gasteiger partial charge in [0.25, 0.3) is 0 Å². The van der Waals surface area contributed by atoms with Crippen molar-refractivity contribution in [3.63, 3.8) is 0 Å². The lowest BCUT2D eigenvalue weighted by atomic mass is 10.3. The molecule has 3 aliphatic rings. The second kappa shape index (κ2) is 10.6. The van der Waals surface area contributed by atoms with E-state index < -0.39 is 35.4 Å². The molecule has 6 atom stereocenters. The van der Waals surface area contributed by atoms with Crippen LogP contribution >= 0.6 is 0 Å². The Morgan fingerprint density at radius 1 is 0.636 bits per heavy atom. The zero-order chi connectivity index (χ0) is 23.5. The molecule has 0 bridgehead atoms. The van der Waals surface area contributed by atoms with Gasteiger partial charge in [-0.2, -0.15) is 0 Å². The molecule has 33 heavy (non-hydrogen) atoms. The molecule has 0 radical (unpaired) electrons. The van der Waals surface area contributed by atoms with E-state index in [1.807, 2.05) is 0 Å². The number of hydrogen-bond donors (Lipinski definition) is 0. The Hall–Kier alpha value is -1.83. The van der Waals surface area contributed by atoms with Crippen molar-refractivity contribution >= 4 is 0 Å². The average Bonchev–Trinajstić information content (AvgIpc) is 3.63. The highest BCUT2D eigenvalue weighted by Gasteiger charge is 2.27. The lowest BCUT2D eigenvalue weighted by Gasteiger charge is -2.20. The van der Waals surface area contributed by atoms with Crippen molar-refractivity contribution in [2.45, 2.75) is 77.0 Å². The van der Waals surface area contributed by atoms with Crippen LogP contribution in [0.5, 0.6) is 0 Å². The van der Waals surface area contributed by atoms with Gasteiger partial charge in [-0.25, -0.2) is 28.1 Å². The fourth-order valence-corrected chi connectivity index (χ4v) is 3.39. The smallest absolute Gasteiger partial charge is 0.336 e. The fourth-order valence-electron chi connectivity index (χ4n) is 3.39. The van der Waals surface area contributed by atoms with Gasteiger partial charge < -0.3 is 28.4 Å². The van der Waals surface area contributed by atoms with E-state index in [-0.39, 0.29) is 37.9 Å². The first kappa shape index (κ1) is 24.3. The highest BCUT2D eigenvalue weighted by molar-refractivity contribution is 4.82. The summed E-state index contributed by atoms with van der Waals surface area (Å²) in [4.78, 5) is 39.4. The van der Waals surface area contributed by atoms with Crippen molar-refractivity contribution in [3.8, 4) is 0 Å². The topological polar surface area (TPSA) is 131 Å².